The standard InChI is InChI=1S/C16H13F4NO4S/c1-15(2)9-4-3-8(17)5-13(9)26(24,25)14-7-12(21(22)23)10(6-11(14)15)16(18,19)20/h3-6,12H,7H2,1-2H3. The Morgan fingerprint density at radius 3 is 2.42 bits per heavy atom. The molecule has 0 saturated carbocycles. The second kappa shape index (κ2) is 5.38. The van der Waals surface area contributed by atoms with Crippen molar-refractivity contribution in [2.24, 2.45) is 0 Å². The molecule has 1 aromatic carbocycles. The van der Waals surface area contributed by atoms with Crippen LogP contribution in [0.25, 0.3) is 0 Å². The van der Waals surface area contributed by atoms with Gasteiger partial charge in [-0.3, -0.25) is 10.1 Å². The third kappa shape index (κ3) is 2.54. The van der Waals surface area contributed by atoms with E-state index in [-0.39, 0.29) is 16.0 Å². The van der Waals surface area contributed by atoms with Gasteiger partial charge in [0.2, 0.25) is 15.9 Å². The molecule has 0 aromatic heterocycles. The first kappa shape index (κ1) is 18.6. The third-order valence-corrected chi connectivity index (χ3v) is 6.78. The Morgan fingerprint density at radius 2 is 1.88 bits per heavy atom. The number of hydrogen-bond acceptors (Lipinski definition) is 4. The quantitative estimate of drug-likeness (QED) is 0.416. The Balaban J connectivity index is 2.36. The Bertz CT molecular complexity index is 990. The average Bonchev–Trinajstić information content (AvgIpc) is 2.51. The van der Waals surface area contributed by atoms with E-state index in [0.29, 0.717) is 6.08 Å². The summed E-state index contributed by atoms with van der Waals surface area (Å²) in [6.45, 7) is 3.01. The van der Waals surface area contributed by atoms with Crippen LogP contribution >= 0.6 is 0 Å². The molecule has 0 radical (unpaired) electrons. The van der Waals surface area contributed by atoms with Gasteiger partial charge in [-0.2, -0.15) is 13.2 Å². The van der Waals surface area contributed by atoms with Crippen molar-refractivity contribution < 1.29 is 30.9 Å². The van der Waals surface area contributed by atoms with E-state index in [1.807, 2.05) is 0 Å². The van der Waals surface area contributed by atoms with Crippen LogP contribution in [0.15, 0.2) is 45.2 Å². The van der Waals surface area contributed by atoms with E-state index < -0.39 is 55.1 Å². The minimum atomic E-state index is -4.97. The summed E-state index contributed by atoms with van der Waals surface area (Å²) in [4.78, 5) is 9.17. The van der Waals surface area contributed by atoms with Gasteiger partial charge in [0.25, 0.3) is 0 Å². The topological polar surface area (TPSA) is 77.3 Å². The molecular formula is C16H13F4NO4S. The number of sulfone groups is 1. The minimum absolute atomic E-state index is 0.148. The lowest BCUT2D eigenvalue weighted by molar-refractivity contribution is -0.515. The number of hydrogen-bond donors (Lipinski definition) is 0. The summed E-state index contributed by atoms with van der Waals surface area (Å²) >= 11 is 0. The number of nitrogens with zero attached hydrogens (tertiary/aromatic N) is 1. The number of allylic oxidation sites excluding steroid dienone is 2. The molecule has 0 amide bonds. The maximum atomic E-state index is 13.6. The molecule has 26 heavy (non-hydrogen) atoms. The molecule has 3 rings (SSSR count). The molecular weight excluding hydrogens is 378 g/mol. The van der Waals surface area contributed by atoms with Gasteiger partial charge in [-0.05, 0) is 29.3 Å². The molecule has 1 atom stereocenters. The fourth-order valence-electron chi connectivity index (χ4n) is 3.48. The molecule has 1 unspecified atom stereocenters. The summed E-state index contributed by atoms with van der Waals surface area (Å²) < 4.78 is 79.2. The lowest BCUT2D eigenvalue weighted by Gasteiger charge is -2.38. The van der Waals surface area contributed by atoms with Gasteiger partial charge in [0.05, 0.1) is 16.2 Å². The summed E-state index contributed by atoms with van der Waals surface area (Å²) in [5, 5.41) is 11.1. The van der Waals surface area contributed by atoms with E-state index in [1.165, 1.54) is 19.9 Å². The Morgan fingerprint density at radius 1 is 1.27 bits per heavy atom. The number of fused-ring (bicyclic) bond motifs is 1. The van der Waals surface area contributed by atoms with Crippen molar-refractivity contribution in [1.82, 2.24) is 0 Å². The minimum Gasteiger partial charge on any atom is -0.264 e. The van der Waals surface area contributed by atoms with Crippen LogP contribution in [0.5, 0.6) is 0 Å². The predicted molar refractivity (Wildman–Crippen MR) is 83.2 cm³/mol. The zero-order valence-electron chi connectivity index (χ0n) is 13.6. The normalized spacial score (nSPS) is 23.8. The van der Waals surface area contributed by atoms with Gasteiger partial charge < -0.3 is 0 Å². The maximum absolute atomic E-state index is 13.6. The summed E-state index contributed by atoms with van der Waals surface area (Å²) in [6.07, 6.45) is -5.33. The SMILES string of the molecule is CC1(C)C2=C(CC([N+](=O)[O-])C(C(F)(F)F)=C2)S(=O)(=O)c2cc(F)ccc21. The molecule has 2 aliphatic rings. The fourth-order valence-corrected chi connectivity index (χ4v) is 5.61. The highest BCUT2D eigenvalue weighted by Crippen LogP contribution is 2.51. The van der Waals surface area contributed by atoms with Gasteiger partial charge in [0, 0.05) is 10.3 Å². The van der Waals surface area contributed by atoms with Crippen LogP contribution in [-0.2, 0) is 15.3 Å². The molecule has 1 heterocycles. The maximum Gasteiger partial charge on any atom is 0.419 e. The van der Waals surface area contributed by atoms with E-state index >= 15 is 0 Å². The largest absolute Gasteiger partial charge is 0.419 e. The molecule has 1 aliphatic heterocycles. The lowest BCUT2D eigenvalue weighted by atomic mass is 9.73. The van der Waals surface area contributed by atoms with Gasteiger partial charge in [0.1, 0.15) is 11.4 Å². The van der Waals surface area contributed by atoms with Crippen LogP contribution in [0.1, 0.15) is 25.8 Å². The predicted octanol–water partition coefficient (Wildman–Crippen LogP) is 3.68. The van der Waals surface area contributed by atoms with E-state index in [9.17, 15) is 36.1 Å². The number of halogens is 4. The Labute approximate surface area is 146 Å². The van der Waals surface area contributed by atoms with Gasteiger partial charge in [-0.15, -0.1) is 0 Å². The zero-order chi connectivity index (χ0) is 19.7. The number of nitro groups is 1. The summed E-state index contributed by atoms with van der Waals surface area (Å²) in [5.74, 6) is -0.819. The van der Waals surface area contributed by atoms with Crippen molar-refractivity contribution in [3.63, 3.8) is 0 Å². The Hall–Kier alpha value is -2.23. The smallest absolute Gasteiger partial charge is 0.264 e. The molecule has 0 N–H and O–H groups in total. The van der Waals surface area contributed by atoms with Crippen LogP contribution in [0.2, 0.25) is 0 Å². The Kier molecular flexibility index (Phi) is 3.84. The molecule has 5 nitrogen and oxygen atoms in total. The van der Waals surface area contributed by atoms with Gasteiger partial charge in [-0.25, -0.2) is 12.8 Å². The summed E-state index contributed by atoms with van der Waals surface area (Å²) in [5.41, 5.74) is -2.59. The van der Waals surface area contributed by atoms with Crippen LogP contribution in [0.3, 0.4) is 0 Å². The number of benzene rings is 1. The number of alkyl halides is 3. The van der Waals surface area contributed by atoms with E-state index in [2.05, 4.69) is 0 Å². The van der Waals surface area contributed by atoms with Crippen molar-refractivity contribution in [3.05, 3.63) is 61.8 Å². The summed E-state index contributed by atoms with van der Waals surface area (Å²) in [7, 11) is -4.35. The van der Waals surface area contributed by atoms with Gasteiger partial charge >= 0.3 is 6.18 Å². The van der Waals surface area contributed by atoms with Crippen molar-refractivity contribution in [1.29, 1.82) is 0 Å². The van der Waals surface area contributed by atoms with Crippen molar-refractivity contribution in [2.45, 2.75) is 42.8 Å². The van der Waals surface area contributed by atoms with Crippen LogP contribution < -0.4 is 0 Å². The first-order valence-corrected chi connectivity index (χ1v) is 8.97. The van der Waals surface area contributed by atoms with Crippen molar-refractivity contribution in [3.8, 4) is 0 Å². The molecule has 140 valence electrons. The van der Waals surface area contributed by atoms with Gasteiger partial charge in [-0.1, -0.05) is 19.9 Å². The van der Waals surface area contributed by atoms with E-state index in [0.717, 1.165) is 12.1 Å². The third-order valence-electron chi connectivity index (χ3n) is 4.82. The molecule has 0 fully saturated rings. The monoisotopic (exact) mass is 391 g/mol. The van der Waals surface area contributed by atoms with Crippen molar-refractivity contribution in [2.75, 3.05) is 0 Å². The summed E-state index contributed by atoms with van der Waals surface area (Å²) in [6, 6.07) is 0.806. The second-order valence-corrected chi connectivity index (χ2v) is 8.65. The van der Waals surface area contributed by atoms with E-state index in [4.69, 9.17) is 0 Å². The van der Waals surface area contributed by atoms with Gasteiger partial charge in [0.15, 0.2) is 0 Å². The first-order valence-electron chi connectivity index (χ1n) is 7.49. The lowest BCUT2D eigenvalue weighted by Crippen LogP contribution is -2.39. The van der Waals surface area contributed by atoms with Crippen LogP contribution in [0, 0.1) is 15.9 Å². The zero-order valence-corrected chi connectivity index (χ0v) is 14.4. The highest BCUT2D eigenvalue weighted by Gasteiger charge is 2.53. The average molecular weight is 391 g/mol. The van der Waals surface area contributed by atoms with Crippen molar-refractivity contribution >= 4 is 9.84 Å². The molecule has 0 bridgehead atoms. The fraction of sp³-hybridized carbons (Fsp3) is 0.375. The van der Waals surface area contributed by atoms with Crippen LogP contribution in [0.4, 0.5) is 17.6 Å². The highest BCUT2D eigenvalue weighted by atomic mass is 32.2. The molecule has 10 heteroatoms. The molecule has 0 spiro atoms. The second-order valence-electron chi connectivity index (χ2n) is 6.71. The highest BCUT2D eigenvalue weighted by molar-refractivity contribution is 7.95. The number of rotatable bonds is 1. The molecule has 1 aromatic rings. The van der Waals surface area contributed by atoms with E-state index in [1.54, 1.807) is 0 Å². The molecule has 0 saturated heterocycles. The molecule has 1 aliphatic carbocycles. The first-order chi connectivity index (χ1) is 11.8. The van der Waals surface area contributed by atoms with Crippen LogP contribution in [-0.4, -0.2) is 25.6 Å².